The van der Waals surface area contributed by atoms with Crippen LogP contribution in [0, 0.1) is 5.82 Å². The van der Waals surface area contributed by atoms with Gasteiger partial charge in [-0.05, 0) is 23.9 Å². The molecule has 88 valence electrons. The molecule has 7 heteroatoms. The van der Waals surface area contributed by atoms with E-state index < -0.39 is 5.82 Å². The van der Waals surface area contributed by atoms with Crippen LogP contribution in [0.2, 0.25) is 5.02 Å². The third kappa shape index (κ3) is 2.78. The van der Waals surface area contributed by atoms with Crippen molar-refractivity contribution in [3.63, 3.8) is 0 Å². The minimum absolute atomic E-state index is 0.0404. The minimum atomic E-state index is -0.568. The van der Waals surface area contributed by atoms with Gasteiger partial charge in [0.2, 0.25) is 0 Å². The fourth-order valence-corrected chi connectivity index (χ4v) is 2.13. The Hall–Kier alpha value is -1.53. The predicted octanol–water partition coefficient (Wildman–Crippen LogP) is 2.30. The highest BCUT2D eigenvalue weighted by molar-refractivity contribution is 7.99. The highest BCUT2D eigenvalue weighted by Crippen LogP contribution is 2.32. The first-order valence-electron chi connectivity index (χ1n) is 4.54. The summed E-state index contributed by atoms with van der Waals surface area (Å²) < 4.78 is 13.2. The number of anilines is 1. The van der Waals surface area contributed by atoms with Crippen molar-refractivity contribution in [3.05, 3.63) is 45.6 Å². The van der Waals surface area contributed by atoms with Crippen molar-refractivity contribution in [2.24, 2.45) is 0 Å². The molecule has 4 nitrogen and oxygen atoms in total. The summed E-state index contributed by atoms with van der Waals surface area (Å²) in [6.07, 6.45) is 1.36. The highest BCUT2D eigenvalue weighted by Gasteiger charge is 2.08. The van der Waals surface area contributed by atoms with Gasteiger partial charge in [0.15, 0.2) is 5.16 Å². The van der Waals surface area contributed by atoms with Crippen LogP contribution in [-0.2, 0) is 0 Å². The lowest BCUT2D eigenvalue weighted by Crippen LogP contribution is -2.05. The quantitative estimate of drug-likeness (QED) is 0.649. The number of H-pyrrole nitrogens is 1. The van der Waals surface area contributed by atoms with E-state index in [1.54, 1.807) is 0 Å². The number of nitrogen functional groups attached to an aromatic ring is 1. The molecule has 0 amide bonds. The van der Waals surface area contributed by atoms with Crippen molar-refractivity contribution in [1.29, 1.82) is 0 Å². The van der Waals surface area contributed by atoms with Crippen LogP contribution in [0.5, 0.6) is 0 Å². The van der Waals surface area contributed by atoms with E-state index in [1.165, 1.54) is 24.4 Å². The molecule has 17 heavy (non-hydrogen) atoms. The lowest BCUT2D eigenvalue weighted by atomic mass is 10.3. The number of hydrogen-bond donors (Lipinski definition) is 2. The van der Waals surface area contributed by atoms with E-state index in [9.17, 15) is 9.18 Å². The largest absolute Gasteiger partial charge is 0.398 e. The average molecular weight is 272 g/mol. The summed E-state index contributed by atoms with van der Waals surface area (Å²) in [6, 6.07) is 3.81. The molecule has 0 unspecified atom stereocenters. The van der Waals surface area contributed by atoms with Crippen LogP contribution in [0.1, 0.15) is 0 Å². The third-order valence-corrected chi connectivity index (χ3v) is 3.17. The van der Waals surface area contributed by atoms with Gasteiger partial charge in [0.25, 0.3) is 5.56 Å². The molecule has 3 N–H and O–H groups in total. The molecule has 0 aliphatic rings. The van der Waals surface area contributed by atoms with Crippen molar-refractivity contribution in [2.75, 3.05) is 5.73 Å². The maximum atomic E-state index is 13.2. The topological polar surface area (TPSA) is 71.8 Å². The first kappa shape index (κ1) is 11.9. The maximum absolute atomic E-state index is 13.2. The number of aromatic amines is 1. The maximum Gasteiger partial charge on any atom is 0.251 e. The molecule has 0 saturated carbocycles. The predicted molar refractivity (Wildman–Crippen MR) is 64.8 cm³/mol. The van der Waals surface area contributed by atoms with Crippen molar-refractivity contribution in [3.8, 4) is 0 Å². The summed E-state index contributed by atoms with van der Waals surface area (Å²) in [6.45, 7) is 0. The fraction of sp³-hybridized carbons (Fsp3) is 0. The van der Waals surface area contributed by atoms with Crippen molar-refractivity contribution >= 4 is 29.1 Å². The molecular weight excluding hydrogens is 265 g/mol. The first-order valence-corrected chi connectivity index (χ1v) is 5.73. The fourth-order valence-electron chi connectivity index (χ4n) is 1.14. The second-order valence-electron chi connectivity index (χ2n) is 3.15. The molecule has 0 fully saturated rings. The van der Waals surface area contributed by atoms with Gasteiger partial charge in [-0.3, -0.25) is 4.79 Å². The molecule has 0 spiro atoms. The Labute approximate surface area is 105 Å². The minimum Gasteiger partial charge on any atom is -0.398 e. The Morgan fingerprint density at radius 1 is 1.47 bits per heavy atom. The Kier molecular flexibility index (Phi) is 3.35. The second-order valence-corrected chi connectivity index (χ2v) is 4.58. The highest BCUT2D eigenvalue weighted by atomic mass is 35.5. The van der Waals surface area contributed by atoms with Gasteiger partial charge < -0.3 is 10.7 Å². The Balaban J connectivity index is 2.36. The molecule has 1 heterocycles. The van der Waals surface area contributed by atoms with E-state index in [-0.39, 0.29) is 10.6 Å². The van der Waals surface area contributed by atoms with Crippen LogP contribution in [0.4, 0.5) is 10.1 Å². The van der Waals surface area contributed by atoms with Crippen LogP contribution in [0.25, 0.3) is 0 Å². The molecule has 0 bridgehead atoms. The van der Waals surface area contributed by atoms with Gasteiger partial charge in [0.1, 0.15) is 5.82 Å². The Morgan fingerprint density at radius 2 is 2.24 bits per heavy atom. The first-order chi connectivity index (χ1) is 8.06. The van der Waals surface area contributed by atoms with Gasteiger partial charge in [0, 0.05) is 22.8 Å². The zero-order valence-electron chi connectivity index (χ0n) is 8.41. The van der Waals surface area contributed by atoms with E-state index in [1.807, 2.05) is 0 Å². The summed E-state index contributed by atoms with van der Waals surface area (Å²) in [5.41, 5.74) is 5.73. The molecule has 0 atom stereocenters. The Bertz CT molecular complexity index is 617. The van der Waals surface area contributed by atoms with Gasteiger partial charge >= 0.3 is 0 Å². The van der Waals surface area contributed by atoms with Crippen molar-refractivity contribution in [1.82, 2.24) is 9.97 Å². The van der Waals surface area contributed by atoms with Gasteiger partial charge in [-0.25, -0.2) is 9.37 Å². The third-order valence-electron chi connectivity index (χ3n) is 1.91. The molecule has 1 aromatic carbocycles. The molecule has 2 aromatic rings. The molecule has 1 aromatic heterocycles. The molecule has 2 rings (SSSR count). The van der Waals surface area contributed by atoms with Crippen LogP contribution < -0.4 is 11.3 Å². The number of nitrogens with zero attached hydrogens (tertiary/aromatic N) is 1. The lowest BCUT2D eigenvalue weighted by Gasteiger charge is -2.05. The van der Waals surface area contributed by atoms with Gasteiger partial charge in [-0.1, -0.05) is 11.6 Å². The molecule has 0 aliphatic heterocycles. The summed E-state index contributed by atoms with van der Waals surface area (Å²) in [7, 11) is 0. The zero-order chi connectivity index (χ0) is 12.4. The van der Waals surface area contributed by atoms with Gasteiger partial charge in [-0.2, -0.15) is 0 Å². The number of nitrogens with two attached hydrogens (primary N) is 1. The van der Waals surface area contributed by atoms with E-state index in [4.69, 9.17) is 17.3 Å². The zero-order valence-corrected chi connectivity index (χ0v) is 9.98. The lowest BCUT2D eigenvalue weighted by molar-refractivity contribution is 0.625. The van der Waals surface area contributed by atoms with E-state index in [2.05, 4.69) is 9.97 Å². The summed E-state index contributed by atoms with van der Waals surface area (Å²) in [4.78, 5) is 17.9. The van der Waals surface area contributed by atoms with Gasteiger partial charge in [0.05, 0.1) is 5.02 Å². The van der Waals surface area contributed by atoms with E-state index in [0.29, 0.717) is 15.7 Å². The summed E-state index contributed by atoms with van der Waals surface area (Å²) in [5, 5.41) is 0.298. The number of benzene rings is 1. The SMILES string of the molecule is Nc1cc(Cl)c(F)cc1Sc1nccc(=O)[nH]1. The molecular formula is C10H7ClFN3OS. The number of aromatic nitrogens is 2. The molecule has 0 aliphatic carbocycles. The summed E-state index contributed by atoms with van der Waals surface area (Å²) >= 11 is 6.64. The monoisotopic (exact) mass is 271 g/mol. The number of rotatable bonds is 2. The van der Waals surface area contributed by atoms with Crippen LogP contribution in [-0.4, -0.2) is 9.97 Å². The standard InChI is InChI=1S/C10H7ClFN3OS/c11-5-3-7(13)8(4-6(5)12)17-10-14-2-1-9(16)15-10/h1-4H,13H2,(H,14,15,16). The van der Waals surface area contributed by atoms with Crippen LogP contribution in [0.3, 0.4) is 0 Å². The summed E-state index contributed by atoms with van der Waals surface area (Å²) in [5.74, 6) is -0.568. The normalized spacial score (nSPS) is 10.5. The number of halogens is 2. The second kappa shape index (κ2) is 4.77. The van der Waals surface area contributed by atoms with E-state index >= 15 is 0 Å². The van der Waals surface area contributed by atoms with Crippen LogP contribution >= 0.6 is 23.4 Å². The van der Waals surface area contributed by atoms with Crippen LogP contribution in [0.15, 0.2) is 39.2 Å². The molecule has 0 saturated heterocycles. The van der Waals surface area contributed by atoms with Crippen molar-refractivity contribution < 1.29 is 4.39 Å². The Morgan fingerprint density at radius 3 is 2.94 bits per heavy atom. The molecule has 0 radical (unpaired) electrons. The smallest absolute Gasteiger partial charge is 0.251 e. The number of hydrogen-bond acceptors (Lipinski definition) is 4. The van der Waals surface area contributed by atoms with Crippen molar-refractivity contribution in [2.45, 2.75) is 10.1 Å². The number of nitrogens with one attached hydrogen (secondary N) is 1. The van der Waals surface area contributed by atoms with Gasteiger partial charge in [-0.15, -0.1) is 0 Å². The average Bonchev–Trinajstić information content (AvgIpc) is 2.26. The van der Waals surface area contributed by atoms with E-state index in [0.717, 1.165) is 11.8 Å².